The molecule has 2 aromatic rings. The molecule has 94 valence electrons. The van der Waals surface area contributed by atoms with Crippen LogP contribution < -0.4 is 4.74 Å². The first kappa shape index (κ1) is 13.3. The Morgan fingerprint density at radius 1 is 0.944 bits per heavy atom. The number of alkyl halides is 1. The average Bonchev–Trinajstić information content (AvgIpc) is 2.42. The molecule has 1 atom stereocenters. The third-order valence-electron chi connectivity index (χ3n) is 2.63. The highest BCUT2D eigenvalue weighted by molar-refractivity contribution is 6.30. The first-order valence-corrected chi connectivity index (χ1v) is 6.74. The van der Waals surface area contributed by atoms with Crippen LogP contribution >= 0.6 is 23.2 Å². The lowest BCUT2D eigenvalue weighted by Gasteiger charge is -2.18. The fourth-order valence-corrected chi connectivity index (χ4v) is 2.06. The molecule has 0 saturated carbocycles. The minimum absolute atomic E-state index is 0.0233. The molecule has 2 rings (SSSR count). The van der Waals surface area contributed by atoms with Crippen LogP contribution in [0.5, 0.6) is 5.75 Å². The van der Waals surface area contributed by atoms with Gasteiger partial charge >= 0.3 is 0 Å². The van der Waals surface area contributed by atoms with Gasteiger partial charge in [-0.15, -0.1) is 11.6 Å². The smallest absolute Gasteiger partial charge is 0.125 e. The Balaban J connectivity index is 2.14. The summed E-state index contributed by atoms with van der Waals surface area (Å²) >= 11 is 11.7. The molecule has 0 N–H and O–H groups in total. The van der Waals surface area contributed by atoms with Gasteiger partial charge in [-0.25, -0.2) is 0 Å². The molecule has 2 aromatic carbocycles. The fourth-order valence-electron chi connectivity index (χ4n) is 1.74. The molecule has 0 spiro atoms. The predicted octanol–water partition coefficient (Wildman–Crippen LogP) is 5.09. The van der Waals surface area contributed by atoms with E-state index in [2.05, 4.69) is 0 Å². The van der Waals surface area contributed by atoms with E-state index in [1.165, 1.54) is 0 Å². The molecule has 0 unspecified atom stereocenters. The number of hydrogen-bond acceptors (Lipinski definition) is 1. The molecule has 0 saturated heterocycles. The second-order valence-corrected chi connectivity index (χ2v) is 4.76. The molecule has 0 amide bonds. The van der Waals surface area contributed by atoms with Crippen molar-refractivity contribution in [2.45, 2.75) is 12.5 Å². The van der Waals surface area contributed by atoms with Crippen LogP contribution in [0.1, 0.15) is 18.1 Å². The van der Waals surface area contributed by atoms with Crippen LogP contribution in [0.3, 0.4) is 0 Å². The molecular weight excluding hydrogens is 267 g/mol. The molecule has 0 heterocycles. The van der Waals surface area contributed by atoms with E-state index in [-0.39, 0.29) is 6.10 Å². The Morgan fingerprint density at radius 2 is 1.61 bits per heavy atom. The fraction of sp³-hybridized carbons (Fsp3) is 0.200. The molecule has 0 fully saturated rings. The van der Waals surface area contributed by atoms with Gasteiger partial charge in [-0.05, 0) is 29.8 Å². The van der Waals surface area contributed by atoms with E-state index in [1.807, 2.05) is 54.6 Å². The minimum atomic E-state index is -0.0233. The van der Waals surface area contributed by atoms with Gasteiger partial charge in [0.05, 0.1) is 0 Å². The van der Waals surface area contributed by atoms with Crippen LogP contribution in [-0.4, -0.2) is 5.88 Å². The maximum absolute atomic E-state index is 5.95. The summed E-state index contributed by atoms with van der Waals surface area (Å²) < 4.78 is 5.95. The number of hydrogen-bond donors (Lipinski definition) is 0. The quantitative estimate of drug-likeness (QED) is 0.694. The zero-order chi connectivity index (χ0) is 12.8. The lowest BCUT2D eigenvalue weighted by molar-refractivity contribution is 0.202. The van der Waals surface area contributed by atoms with E-state index in [9.17, 15) is 0 Å². The number of ether oxygens (including phenoxy) is 1. The number of rotatable bonds is 5. The second kappa shape index (κ2) is 6.67. The first-order chi connectivity index (χ1) is 8.79. The highest BCUT2D eigenvalue weighted by Crippen LogP contribution is 2.26. The maximum Gasteiger partial charge on any atom is 0.125 e. The van der Waals surface area contributed by atoms with Crippen molar-refractivity contribution in [1.29, 1.82) is 0 Å². The van der Waals surface area contributed by atoms with Crippen LogP contribution in [0.4, 0.5) is 0 Å². The minimum Gasteiger partial charge on any atom is -0.486 e. The second-order valence-electron chi connectivity index (χ2n) is 3.95. The van der Waals surface area contributed by atoms with E-state index >= 15 is 0 Å². The predicted molar refractivity (Wildman–Crippen MR) is 76.6 cm³/mol. The Kier molecular flexibility index (Phi) is 4.91. The zero-order valence-corrected chi connectivity index (χ0v) is 11.4. The van der Waals surface area contributed by atoms with E-state index in [4.69, 9.17) is 27.9 Å². The van der Waals surface area contributed by atoms with Crippen LogP contribution in [0.2, 0.25) is 5.02 Å². The van der Waals surface area contributed by atoms with E-state index in [0.29, 0.717) is 10.9 Å². The summed E-state index contributed by atoms with van der Waals surface area (Å²) in [6.45, 7) is 0. The highest BCUT2D eigenvalue weighted by atomic mass is 35.5. The van der Waals surface area contributed by atoms with Crippen molar-refractivity contribution in [2.75, 3.05) is 5.88 Å². The van der Waals surface area contributed by atoms with Crippen molar-refractivity contribution < 1.29 is 4.74 Å². The highest BCUT2D eigenvalue weighted by Gasteiger charge is 2.12. The van der Waals surface area contributed by atoms with Gasteiger partial charge in [0.2, 0.25) is 0 Å². The van der Waals surface area contributed by atoms with E-state index < -0.39 is 0 Å². The Morgan fingerprint density at radius 3 is 2.22 bits per heavy atom. The Bertz CT molecular complexity index is 468. The van der Waals surface area contributed by atoms with E-state index in [0.717, 1.165) is 17.7 Å². The lowest BCUT2D eigenvalue weighted by atomic mass is 10.1. The summed E-state index contributed by atoms with van der Waals surface area (Å²) in [6.07, 6.45) is 0.749. The van der Waals surface area contributed by atoms with Crippen molar-refractivity contribution in [3.63, 3.8) is 0 Å². The normalized spacial score (nSPS) is 12.1. The molecule has 3 heteroatoms. The van der Waals surface area contributed by atoms with Crippen LogP contribution in [0.15, 0.2) is 54.6 Å². The number of benzene rings is 2. The third-order valence-corrected chi connectivity index (χ3v) is 3.10. The Hall–Kier alpha value is -1.18. The van der Waals surface area contributed by atoms with Gasteiger partial charge in [0.15, 0.2) is 0 Å². The van der Waals surface area contributed by atoms with Gasteiger partial charge < -0.3 is 4.74 Å². The van der Waals surface area contributed by atoms with E-state index in [1.54, 1.807) is 0 Å². The maximum atomic E-state index is 5.95. The third kappa shape index (κ3) is 3.66. The standard InChI is InChI=1S/C15H14Cl2O/c16-11-10-15(12-4-2-1-3-5-12)18-14-8-6-13(17)7-9-14/h1-9,15H,10-11H2/t15-/m1/s1. The molecule has 0 aromatic heterocycles. The van der Waals surface area contributed by atoms with Crippen LogP contribution in [0, 0.1) is 0 Å². The molecular formula is C15H14Cl2O. The molecule has 0 aliphatic rings. The molecule has 0 aliphatic carbocycles. The molecule has 0 aliphatic heterocycles. The monoisotopic (exact) mass is 280 g/mol. The van der Waals surface area contributed by atoms with Crippen molar-refractivity contribution >= 4 is 23.2 Å². The zero-order valence-electron chi connectivity index (χ0n) is 9.85. The molecule has 0 radical (unpaired) electrons. The average molecular weight is 281 g/mol. The topological polar surface area (TPSA) is 9.23 Å². The lowest BCUT2D eigenvalue weighted by Crippen LogP contribution is -2.08. The van der Waals surface area contributed by atoms with Gasteiger partial charge in [0, 0.05) is 17.3 Å². The number of halogens is 2. The van der Waals surface area contributed by atoms with Gasteiger partial charge in [0.1, 0.15) is 11.9 Å². The van der Waals surface area contributed by atoms with Gasteiger partial charge in [0.25, 0.3) is 0 Å². The van der Waals surface area contributed by atoms with Crippen molar-refractivity contribution in [2.24, 2.45) is 0 Å². The van der Waals surface area contributed by atoms with Crippen LogP contribution in [0.25, 0.3) is 0 Å². The summed E-state index contributed by atoms with van der Waals surface area (Å²) in [5.41, 5.74) is 1.13. The van der Waals surface area contributed by atoms with Gasteiger partial charge in [-0.1, -0.05) is 41.9 Å². The molecule has 18 heavy (non-hydrogen) atoms. The summed E-state index contributed by atoms with van der Waals surface area (Å²) in [5.74, 6) is 1.37. The SMILES string of the molecule is ClCC[C@@H](Oc1ccc(Cl)cc1)c1ccccc1. The molecule has 1 nitrogen and oxygen atoms in total. The summed E-state index contributed by atoms with van der Waals surface area (Å²) in [4.78, 5) is 0. The summed E-state index contributed by atoms with van der Waals surface area (Å²) in [7, 11) is 0. The van der Waals surface area contributed by atoms with Crippen molar-refractivity contribution in [3.05, 3.63) is 65.2 Å². The van der Waals surface area contributed by atoms with Crippen molar-refractivity contribution in [1.82, 2.24) is 0 Å². The largest absolute Gasteiger partial charge is 0.486 e. The summed E-state index contributed by atoms with van der Waals surface area (Å²) in [5, 5.41) is 0.705. The van der Waals surface area contributed by atoms with Crippen molar-refractivity contribution in [3.8, 4) is 5.75 Å². The van der Waals surface area contributed by atoms with Gasteiger partial charge in [-0.3, -0.25) is 0 Å². The summed E-state index contributed by atoms with van der Waals surface area (Å²) in [6, 6.07) is 17.5. The Labute approximate surface area is 117 Å². The molecule has 0 bridgehead atoms. The first-order valence-electron chi connectivity index (χ1n) is 5.83. The van der Waals surface area contributed by atoms with Gasteiger partial charge in [-0.2, -0.15) is 0 Å². The van der Waals surface area contributed by atoms with Crippen LogP contribution in [-0.2, 0) is 0 Å².